The molecule has 0 bridgehead atoms. The number of rotatable bonds is 7. The average Bonchev–Trinajstić information content (AvgIpc) is 3.03. The second kappa shape index (κ2) is 7.18. The van der Waals surface area contributed by atoms with Crippen LogP contribution in [-0.2, 0) is 16.6 Å². The van der Waals surface area contributed by atoms with Crippen molar-refractivity contribution in [3.8, 4) is 6.07 Å². The zero-order chi connectivity index (χ0) is 17.8. The predicted octanol–water partition coefficient (Wildman–Crippen LogP) is 2.50. The summed E-state index contributed by atoms with van der Waals surface area (Å²) in [6.45, 7) is 3.48. The first kappa shape index (κ1) is 18.2. The van der Waals surface area contributed by atoms with Gasteiger partial charge in [0.1, 0.15) is 5.76 Å². The lowest BCUT2D eigenvalue weighted by molar-refractivity contribution is 0.0647. The minimum Gasteiger partial charge on any atom is -0.468 e. The largest absolute Gasteiger partial charge is 0.468 e. The van der Waals surface area contributed by atoms with Gasteiger partial charge in [-0.1, -0.05) is 0 Å². The number of benzene rings is 1. The van der Waals surface area contributed by atoms with Crippen LogP contribution in [0, 0.1) is 11.3 Å². The van der Waals surface area contributed by atoms with Gasteiger partial charge < -0.3 is 9.52 Å². The molecule has 0 radical (unpaired) electrons. The molecule has 0 unspecified atom stereocenters. The fourth-order valence-electron chi connectivity index (χ4n) is 2.11. The number of hydrogen-bond donors (Lipinski definition) is 1. The quantitative estimate of drug-likeness (QED) is 0.829. The Bertz CT molecular complexity index is 798. The molecule has 128 valence electrons. The first-order valence-electron chi connectivity index (χ1n) is 7.47. The summed E-state index contributed by atoms with van der Waals surface area (Å²) in [7, 11) is -3.77. The SMILES string of the molecule is CC(C)(O)CCN(Cc1ccco1)S(=O)(=O)c1ccc(C#N)cc1. The number of furan rings is 1. The number of nitriles is 1. The van der Waals surface area contributed by atoms with Crippen molar-refractivity contribution in [2.45, 2.75) is 37.3 Å². The molecule has 1 aromatic heterocycles. The highest BCUT2D eigenvalue weighted by Gasteiger charge is 2.27. The molecule has 6 nitrogen and oxygen atoms in total. The molecule has 0 spiro atoms. The Balaban J connectivity index is 2.30. The molecular weight excluding hydrogens is 328 g/mol. The maximum atomic E-state index is 12.9. The van der Waals surface area contributed by atoms with E-state index in [2.05, 4.69) is 0 Å². The summed E-state index contributed by atoms with van der Waals surface area (Å²) >= 11 is 0. The first-order valence-corrected chi connectivity index (χ1v) is 8.91. The normalized spacial score (nSPS) is 12.3. The minimum atomic E-state index is -3.77. The number of aliphatic hydroxyl groups is 1. The van der Waals surface area contributed by atoms with E-state index in [1.165, 1.54) is 34.8 Å². The lowest BCUT2D eigenvalue weighted by Gasteiger charge is -2.25. The summed E-state index contributed by atoms with van der Waals surface area (Å²) in [5.41, 5.74) is -0.593. The summed E-state index contributed by atoms with van der Waals surface area (Å²) in [5.74, 6) is 0.517. The fraction of sp³-hybridized carbons (Fsp3) is 0.353. The van der Waals surface area contributed by atoms with E-state index in [1.807, 2.05) is 6.07 Å². The van der Waals surface area contributed by atoms with Crippen LogP contribution in [0.4, 0.5) is 0 Å². The second-order valence-corrected chi connectivity index (χ2v) is 8.05. The molecule has 0 saturated carbocycles. The maximum Gasteiger partial charge on any atom is 0.243 e. The van der Waals surface area contributed by atoms with Crippen molar-refractivity contribution in [3.05, 3.63) is 54.0 Å². The Morgan fingerprint density at radius 3 is 2.42 bits per heavy atom. The summed E-state index contributed by atoms with van der Waals surface area (Å²) in [4.78, 5) is 0.101. The third kappa shape index (κ3) is 4.68. The van der Waals surface area contributed by atoms with Crippen molar-refractivity contribution in [2.75, 3.05) is 6.54 Å². The Labute approximate surface area is 142 Å². The van der Waals surface area contributed by atoms with Gasteiger partial charge in [0.05, 0.1) is 34.9 Å². The highest BCUT2D eigenvalue weighted by atomic mass is 32.2. The van der Waals surface area contributed by atoms with Crippen LogP contribution in [0.2, 0.25) is 0 Å². The van der Waals surface area contributed by atoms with E-state index < -0.39 is 15.6 Å². The van der Waals surface area contributed by atoms with Gasteiger partial charge in [-0.2, -0.15) is 9.57 Å². The van der Waals surface area contributed by atoms with Crippen LogP contribution in [-0.4, -0.2) is 30.0 Å². The molecule has 0 aliphatic rings. The van der Waals surface area contributed by atoms with Crippen LogP contribution in [0.1, 0.15) is 31.6 Å². The van der Waals surface area contributed by atoms with E-state index in [0.717, 1.165) is 0 Å². The smallest absolute Gasteiger partial charge is 0.243 e. The summed E-state index contributed by atoms with van der Waals surface area (Å²) in [6.07, 6.45) is 1.76. The molecule has 7 heteroatoms. The number of nitrogens with zero attached hydrogens (tertiary/aromatic N) is 2. The second-order valence-electron chi connectivity index (χ2n) is 6.12. The van der Waals surface area contributed by atoms with Gasteiger partial charge >= 0.3 is 0 Å². The predicted molar refractivity (Wildman–Crippen MR) is 88.4 cm³/mol. The molecule has 2 rings (SSSR count). The van der Waals surface area contributed by atoms with Crippen molar-refractivity contribution < 1.29 is 17.9 Å². The van der Waals surface area contributed by atoms with Crippen molar-refractivity contribution in [1.29, 1.82) is 5.26 Å². The van der Waals surface area contributed by atoms with Gasteiger partial charge in [0, 0.05) is 6.54 Å². The zero-order valence-corrected chi connectivity index (χ0v) is 14.5. The lowest BCUT2D eigenvalue weighted by atomic mass is 10.1. The molecule has 0 amide bonds. The third-order valence-corrected chi connectivity index (χ3v) is 5.37. The van der Waals surface area contributed by atoms with Gasteiger partial charge in [0.2, 0.25) is 10.0 Å². The van der Waals surface area contributed by atoms with E-state index in [0.29, 0.717) is 11.3 Å². The first-order chi connectivity index (χ1) is 11.2. The van der Waals surface area contributed by atoms with Crippen LogP contribution < -0.4 is 0 Å². The Morgan fingerprint density at radius 2 is 1.92 bits per heavy atom. The highest BCUT2D eigenvalue weighted by molar-refractivity contribution is 7.89. The molecule has 0 aliphatic heterocycles. The zero-order valence-electron chi connectivity index (χ0n) is 13.6. The molecule has 24 heavy (non-hydrogen) atoms. The van der Waals surface area contributed by atoms with E-state index in [9.17, 15) is 13.5 Å². The molecule has 2 aromatic rings. The molecular formula is C17H20N2O4S. The van der Waals surface area contributed by atoms with Crippen molar-refractivity contribution in [3.63, 3.8) is 0 Å². The summed E-state index contributed by atoms with van der Waals surface area (Å²) in [6, 6.07) is 11.1. The molecule has 1 N–H and O–H groups in total. The summed E-state index contributed by atoms with van der Waals surface area (Å²) in [5, 5.41) is 18.8. The molecule has 1 heterocycles. The van der Waals surface area contributed by atoms with E-state index >= 15 is 0 Å². The lowest BCUT2D eigenvalue weighted by Crippen LogP contribution is -2.35. The molecule has 0 atom stereocenters. The Morgan fingerprint density at radius 1 is 1.25 bits per heavy atom. The van der Waals surface area contributed by atoms with Gasteiger partial charge in [-0.3, -0.25) is 0 Å². The van der Waals surface area contributed by atoms with Gasteiger partial charge in [-0.05, 0) is 56.7 Å². The van der Waals surface area contributed by atoms with Crippen LogP contribution >= 0.6 is 0 Å². The minimum absolute atomic E-state index is 0.0748. The molecule has 1 aromatic carbocycles. The fourth-order valence-corrected chi connectivity index (χ4v) is 3.52. The standard InChI is InChI=1S/C17H20N2O4S/c1-17(2,20)9-10-19(13-15-4-3-11-23-15)24(21,22)16-7-5-14(12-18)6-8-16/h3-8,11,20H,9-10,13H2,1-2H3. The van der Waals surface area contributed by atoms with Crippen molar-refractivity contribution >= 4 is 10.0 Å². The third-order valence-electron chi connectivity index (χ3n) is 3.51. The van der Waals surface area contributed by atoms with Crippen molar-refractivity contribution in [2.24, 2.45) is 0 Å². The highest BCUT2D eigenvalue weighted by Crippen LogP contribution is 2.21. The van der Waals surface area contributed by atoms with Gasteiger partial charge in [0.25, 0.3) is 0 Å². The Kier molecular flexibility index (Phi) is 5.44. The average molecular weight is 348 g/mol. The van der Waals surface area contributed by atoms with Crippen LogP contribution in [0.5, 0.6) is 0 Å². The molecule has 0 fully saturated rings. The number of hydrogen-bond acceptors (Lipinski definition) is 5. The van der Waals surface area contributed by atoms with Gasteiger partial charge in [-0.25, -0.2) is 8.42 Å². The summed E-state index contributed by atoms with van der Waals surface area (Å²) < 4.78 is 32.3. The van der Waals surface area contributed by atoms with Crippen LogP contribution in [0.25, 0.3) is 0 Å². The molecule has 0 aliphatic carbocycles. The maximum absolute atomic E-state index is 12.9. The van der Waals surface area contributed by atoms with E-state index in [1.54, 1.807) is 26.0 Å². The van der Waals surface area contributed by atoms with Crippen molar-refractivity contribution in [1.82, 2.24) is 4.31 Å². The van der Waals surface area contributed by atoms with Crippen LogP contribution in [0.15, 0.2) is 52.0 Å². The van der Waals surface area contributed by atoms with E-state index in [-0.39, 0.29) is 24.4 Å². The van der Waals surface area contributed by atoms with E-state index in [4.69, 9.17) is 9.68 Å². The topological polar surface area (TPSA) is 94.5 Å². The molecule has 0 saturated heterocycles. The number of sulfonamides is 1. The van der Waals surface area contributed by atoms with Crippen LogP contribution in [0.3, 0.4) is 0 Å². The Hall–Kier alpha value is -2.14. The van der Waals surface area contributed by atoms with Gasteiger partial charge in [0.15, 0.2) is 0 Å². The van der Waals surface area contributed by atoms with Gasteiger partial charge in [-0.15, -0.1) is 0 Å². The monoisotopic (exact) mass is 348 g/mol.